The highest BCUT2D eigenvalue weighted by Crippen LogP contribution is 2.24. The summed E-state index contributed by atoms with van der Waals surface area (Å²) in [6, 6.07) is 16.4. The van der Waals surface area contributed by atoms with Gasteiger partial charge in [-0.1, -0.05) is 41.9 Å². The molecule has 1 N–H and O–H groups in total. The number of halogens is 1. The smallest absolute Gasteiger partial charge is 0.241 e. The lowest BCUT2D eigenvalue weighted by atomic mass is 10.1. The number of anilines is 1. The number of rotatable bonds is 6. The molecule has 1 heterocycles. The van der Waals surface area contributed by atoms with Crippen molar-refractivity contribution in [1.82, 2.24) is 5.32 Å². The van der Waals surface area contributed by atoms with Crippen LogP contribution in [0.2, 0.25) is 5.02 Å². The number of hydrogen-bond acceptors (Lipinski definition) is 4. The van der Waals surface area contributed by atoms with Crippen LogP contribution in [0.15, 0.2) is 54.6 Å². The fourth-order valence-electron chi connectivity index (χ4n) is 3.32. The molecule has 144 valence electrons. The number of nitrogens with zero attached hydrogens (tertiary/aromatic N) is 1. The maximum Gasteiger partial charge on any atom is 0.241 e. The van der Waals surface area contributed by atoms with Crippen LogP contribution in [0, 0.1) is 0 Å². The van der Waals surface area contributed by atoms with Gasteiger partial charge in [-0.2, -0.15) is 0 Å². The highest BCUT2D eigenvalue weighted by molar-refractivity contribution is 7.91. The molecule has 27 heavy (non-hydrogen) atoms. The van der Waals surface area contributed by atoms with Crippen molar-refractivity contribution in [3.8, 4) is 0 Å². The van der Waals surface area contributed by atoms with Gasteiger partial charge in [0, 0.05) is 16.8 Å². The van der Waals surface area contributed by atoms with Crippen molar-refractivity contribution in [1.29, 1.82) is 0 Å². The molecule has 3 rings (SSSR count). The average molecular weight is 407 g/mol. The summed E-state index contributed by atoms with van der Waals surface area (Å²) >= 11 is 5.92. The molecule has 7 heteroatoms. The molecule has 1 fully saturated rings. The first kappa shape index (κ1) is 19.9. The largest absolute Gasteiger partial charge is 0.307 e. The van der Waals surface area contributed by atoms with Gasteiger partial charge in [0.1, 0.15) is 0 Å². The van der Waals surface area contributed by atoms with Crippen molar-refractivity contribution < 1.29 is 13.2 Å². The molecule has 2 atom stereocenters. The Hall–Kier alpha value is -1.89. The van der Waals surface area contributed by atoms with E-state index in [1.807, 2.05) is 61.5 Å². The van der Waals surface area contributed by atoms with Crippen molar-refractivity contribution in [3.05, 3.63) is 65.2 Å². The summed E-state index contributed by atoms with van der Waals surface area (Å²) < 4.78 is 23.8. The van der Waals surface area contributed by atoms with Crippen LogP contribution in [0.3, 0.4) is 0 Å². The number of benzene rings is 2. The van der Waals surface area contributed by atoms with Crippen LogP contribution in [0.4, 0.5) is 5.69 Å². The molecule has 0 aromatic heterocycles. The third-order valence-electron chi connectivity index (χ3n) is 4.81. The third kappa shape index (κ3) is 5.09. The average Bonchev–Trinajstić information content (AvgIpc) is 3.00. The van der Waals surface area contributed by atoms with Gasteiger partial charge >= 0.3 is 0 Å². The standard InChI is InChI=1S/C20H23ClN2O3S/c1-15(16-7-9-17(21)10-8-16)22-13-20(24)23(18-5-3-2-4-6-18)19-11-12-27(25,26)14-19/h2-10,15,19,22H,11-14H2,1H3/t15-,19-/m1/s1. The van der Waals surface area contributed by atoms with E-state index < -0.39 is 9.84 Å². The van der Waals surface area contributed by atoms with Gasteiger partial charge in [-0.25, -0.2) is 8.42 Å². The van der Waals surface area contributed by atoms with E-state index in [-0.39, 0.29) is 36.0 Å². The number of carbonyl (C=O) groups is 1. The van der Waals surface area contributed by atoms with Gasteiger partial charge in [-0.05, 0) is 43.2 Å². The second-order valence-corrected chi connectivity index (χ2v) is 9.48. The number of sulfone groups is 1. The molecule has 0 saturated carbocycles. The summed E-state index contributed by atoms with van der Waals surface area (Å²) in [6.45, 7) is 2.10. The van der Waals surface area contributed by atoms with E-state index in [2.05, 4.69) is 5.32 Å². The van der Waals surface area contributed by atoms with Gasteiger partial charge in [0.15, 0.2) is 9.84 Å². The number of amides is 1. The van der Waals surface area contributed by atoms with Crippen LogP contribution in [-0.2, 0) is 14.6 Å². The van der Waals surface area contributed by atoms with Crippen molar-refractivity contribution in [2.24, 2.45) is 0 Å². The van der Waals surface area contributed by atoms with Crippen LogP contribution >= 0.6 is 11.6 Å². The molecule has 0 radical (unpaired) electrons. The molecule has 1 saturated heterocycles. The minimum atomic E-state index is -3.09. The summed E-state index contributed by atoms with van der Waals surface area (Å²) in [5.41, 5.74) is 1.76. The summed E-state index contributed by atoms with van der Waals surface area (Å²) in [7, 11) is -3.09. The van der Waals surface area contributed by atoms with E-state index >= 15 is 0 Å². The lowest BCUT2D eigenvalue weighted by Gasteiger charge is -2.29. The monoisotopic (exact) mass is 406 g/mol. The lowest BCUT2D eigenvalue weighted by molar-refractivity contribution is -0.118. The van der Waals surface area contributed by atoms with E-state index in [1.165, 1.54) is 0 Å². The Kier molecular flexibility index (Phi) is 6.19. The zero-order valence-electron chi connectivity index (χ0n) is 15.1. The first-order valence-corrected chi connectivity index (χ1v) is 11.1. The Morgan fingerprint density at radius 3 is 2.44 bits per heavy atom. The van der Waals surface area contributed by atoms with Gasteiger partial charge in [-0.15, -0.1) is 0 Å². The van der Waals surface area contributed by atoms with E-state index in [0.717, 1.165) is 11.3 Å². The van der Waals surface area contributed by atoms with Crippen LogP contribution in [-0.4, -0.2) is 38.4 Å². The van der Waals surface area contributed by atoms with Crippen molar-refractivity contribution in [2.75, 3.05) is 23.0 Å². The molecule has 5 nitrogen and oxygen atoms in total. The zero-order chi connectivity index (χ0) is 19.4. The third-order valence-corrected chi connectivity index (χ3v) is 6.81. The van der Waals surface area contributed by atoms with E-state index in [1.54, 1.807) is 4.90 Å². The van der Waals surface area contributed by atoms with Gasteiger partial charge in [0.2, 0.25) is 5.91 Å². The summed E-state index contributed by atoms with van der Waals surface area (Å²) in [5, 5.41) is 3.90. The highest BCUT2D eigenvalue weighted by Gasteiger charge is 2.35. The minimum absolute atomic E-state index is 0.0143. The molecule has 0 aliphatic carbocycles. The molecule has 0 unspecified atom stereocenters. The first-order valence-electron chi connectivity index (χ1n) is 8.92. The molecule has 1 amide bonds. The second-order valence-electron chi connectivity index (χ2n) is 6.81. The van der Waals surface area contributed by atoms with Gasteiger partial charge in [0.25, 0.3) is 0 Å². The minimum Gasteiger partial charge on any atom is -0.307 e. The summed E-state index contributed by atoms with van der Waals surface area (Å²) in [6.07, 6.45) is 0.468. The lowest BCUT2D eigenvalue weighted by Crippen LogP contribution is -2.46. The first-order chi connectivity index (χ1) is 12.9. The quantitative estimate of drug-likeness (QED) is 0.799. The van der Waals surface area contributed by atoms with Crippen molar-refractivity contribution >= 4 is 33.0 Å². The number of hydrogen-bond donors (Lipinski definition) is 1. The van der Waals surface area contributed by atoms with Gasteiger partial charge in [-0.3, -0.25) is 4.79 Å². The molecule has 0 spiro atoms. The highest BCUT2D eigenvalue weighted by atomic mass is 35.5. The number of para-hydroxylation sites is 1. The molecular formula is C20H23ClN2O3S. The summed E-state index contributed by atoms with van der Waals surface area (Å²) in [4.78, 5) is 14.6. The predicted molar refractivity (Wildman–Crippen MR) is 109 cm³/mol. The molecule has 0 bridgehead atoms. The van der Waals surface area contributed by atoms with E-state index in [0.29, 0.717) is 11.4 Å². The van der Waals surface area contributed by atoms with Crippen molar-refractivity contribution in [2.45, 2.75) is 25.4 Å². The zero-order valence-corrected chi connectivity index (χ0v) is 16.7. The number of nitrogens with one attached hydrogen (secondary N) is 1. The van der Waals surface area contributed by atoms with Gasteiger partial charge < -0.3 is 10.2 Å². The molecule has 1 aliphatic heterocycles. The van der Waals surface area contributed by atoms with Crippen LogP contribution < -0.4 is 10.2 Å². The fourth-order valence-corrected chi connectivity index (χ4v) is 5.15. The Bertz CT molecular complexity index is 885. The Labute approximate surface area is 165 Å². The Morgan fingerprint density at radius 2 is 1.85 bits per heavy atom. The maximum atomic E-state index is 13.0. The van der Waals surface area contributed by atoms with Crippen LogP contribution in [0.1, 0.15) is 24.9 Å². The summed E-state index contributed by atoms with van der Waals surface area (Å²) in [5.74, 6) is 0.00704. The topological polar surface area (TPSA) is 66.5 Å². The van der Waals surface area contributed by atoms with Crippen molar-refractivity contribution in [3.63, 3.8) is 0 Å². The second kappa shape index (κ2) is 8.42. The van der Waals surface area contributed by atoms with E-state index in [4.69, 9.17) is 11.6 Å². The molecule has 2 aromatic rings. The maximum absolute atomic E-state index is 13.0. The predicted octanol–water partition coefficient (Wildman–Crippen LogP) is 3.21. The Balaban J connectivity index is 1.72. The van der Waals surface area contributed by atoms with Crippen LogP contribution in [0.5, 0.6) is 0 Å². The van der Waals surface area contributed by atoms with Gasteiger partial charge in [0.05, 0.1) is 24.1 Å². The molecule has 1 aliphatic rings. The molecule has 2 aromatic carbocycles. The van der Waals surface area contributed by atoms with Crippen LogP contribution in [0.25, 0.3) is 0 Å². The van der Waals surface area contributed by atoms with E-state index in [9.17, 15) is 13.2 Å². The normalized spacial score (nSPS) is 19.6. The fraction of sp³-hybridized carbons (Fsp3) is 0.350. The number of carbonyl (C=O) groups excluding carboxylic acids is 1. The molecular weight excluding hydrogens is 384 g/mol. The SMILES string of the molecule is C[C@@H](NCC(=O)N(c1ccccc1)[C@@H]1CCS(=O)(=O)C1)c1ccc(Cl)cc1. The Morgan fingerprint density at radius 1 is 1.19 bits per heavy atom.